The monoisotopic (exact) mass is 330 g/mol. The number of hydrogen-bond donors (Lipinski definition) is 1. The first-order chi connectivity index (χ1) is 11.1. The maximum atomic E-state index is 13.0. The van der Waals surface area contributed by atoms with Crippen LogP contribution in [-0.4, -0.2) is 25.5 Å². The second-order valence-corrected chi connectivity index (χ2v) is 7.56. The third-order valence-electron chi connectivity index (χ3n) is 4.30. The molecule has 0 aliphatic carbocycles. The van der Waals surface area contributed by atoms with Gasteiger partial charge in [-0.15, -0.1) is 0 Å². The fourth-order valence-electron chi connectivity index (χ4n) is 2.84. The minimum Gasteiger partial charge on any atom is -0.315 e. The van der Waals surface area contributed by atoms with Crippen molar-refractivity contribution in [1.82, 2.24) is 9.29 Å². The van der Waals surface area contributed by atoms with Crippen LogP contribution in [-0.2, 0) is 10.0 Å². The molecule has 3 aromatic rings. The minimum absolute atomic E-state index is 0.0728. The largest absolute Gasteiger partial charge is 0.315 e. The molecule has 1 saturated heterocycles. The molecule has 0 saturated carbocycles. The van der Waals surface area contributed by atoms with Crippen molar-refractivity contribution in [1.29, 1.82) is 0 Å². The average Bonchev–Trinajstić information content (AvgIpc) is 2.90. The van der Waals surface area contributed by atoms with Gasteiger partial charge in [-0.1, -0.05) is 6.07 Å². The zero-order valence-corrected chi connectivity index (χ0v) is 13.1. The summed E-state index contributed by atoms with van der Waals surface area (Å²) in [4.78, 5) is 0.0728. The molecule has 1 fully saturated rings. The van der Waals surface area contributed by atoms with Gasteiger partial charge in [0.1, 0.15) is 5.82 Å². The Hall–Kier alpha value is -2.18. The molecule has 4 rings (SSSR count). The summed E-state index contributed by atoms with van der Waals surface area (Å²) in [5.41, 5.74) is 1.85. The molecule has 0 amide bonds. The van der Waals surface area contributed by atoms with E-state index in [1.165, 1.54) is 21.7 Å². The van der Waals surface area contributed by atoms with Gasteiger partial charge in [0, 0.05) is 30.6 Å². The van der Waals surface area contributed by atoms with Gasteiger partial charge < -0.3 is 5.32 Å². The van der Waals surface area contributed by atoms with Crippen molar-refractivity contribution in [2.24, 2.45) is 0 Å². The van der Waals surface area contributed by atoms with Gasteiger partial charge >= 0.3 is 0 Å². The van der Waals surface area contributed by atoms with Crippen LogP contribution in [0.25, 0.3) is 10.9 Å². The summed E-state index contributed by atoms with van der Waals surface area (Å²) >= 11 is 0. The molecule has 2 aromatic carbocycles. The van der Waals surface area contributed by atoms with Crippen LogP contribution in [0.3, 0.4) is 0 Å². The molecule has 1 aliphatic rings. The second-order valence-electron chi connectivity index (χ2n) is 5.74. The molecule has 118 valence electrons. The van der Waals surface area contributed by atoms with E-state index in [0.29, 0.717) is 11.4 Å². The molecule has 1 aliphatic heterocycles. The number of fused-ring (bicyclic) bond motifs is 1. The van der Waals surface area contributed by atoms with E-state index in [9.17, 15) is 12.8 Å². The van der Waals surface area contributed by atoms with E-state index in [1.807, 2.05) is 18.2 Å². The second kappa shape index (κ2) is 5.18. The minimum atomic E-state index is -3.73. The van der Waals surface area contributed by atoms with Crippen LogP contribution in [0.5, 0.6) is 0 Å². The van der Waals surface area contributed by atoms with Crippen LogP contribution in [0.4, 0.5) is 4.39 Å². The molecule has 0 spiro atoms. The summed E-state index contributed by atoms with van der Waals surface area (Å²) in [5.74, 6) is 0.0384. The van der Waals surface area contributed by atoms with Gasteiger partial charge in [0.2, 0.25) is 0 Å². The maximum absolute atomic E-state index is 13.0. The van der Waals surface area contributed by atoms with Crippen molar-refractivity contribution in [2.45, 2.75) is 10.8 Å². The number of rotatable bonds is 3. The topological polar surface area (TPSA) is 51.1 Å². The summed E-state index contributed by atoms with van der Waals surface area (Å²) in [7, 11) is -3.73. The number of halogens is 1. The quantitative estimate of drug-likeness (QED) is 0.803. The first kappa shape index (κ1) is 14.4. The lowest BCUT2D eigenvalue weighted by molar-refractivity contribution is 0.449. The Labute approximate surface area is 133 Å². The Morgan fingerprint density at radius 1 is 1.04 bits per heavy atom. The fourth-order valence-corrected chi connectivity index (χ4v) is 4.20. The maximum Gasteiger partial charge on any atom is 0.268 e. The van der Waals surface area contributed by atoms with Gasteiger partial charge in [-0.2, -0.15) is 0 Å². The highest BCUT2D eigenvalue weighted by Gasteiger charge is 2.22. The van der Waals surface area contributed by atoms with E-state index in [2.05, 4.69) is 5.32 Å². The van der Waals surface area contributed by atoms with Crippen LogP contribution in [0, 0.1) is 5.82 Å². The summed E-state index contributed by atoms with van der Waals surface area (Å²) in [6, 6.07) is 12.5. The normalized spacial score (nSPS) is 15.7. The van der Waals surface area contributed by atoms with Crippen LogP contribution in [0.15, 0.2) is 59.6 Å². The van der Waals surface area contributed by atoms with E-state index in [1.54, 1.807) is 12.3 Å². The van der Waals surface area contributed by atoms with Crippen LogP contribution in [0.1, 0.15) is 11.5 Å². The lowest BCUT2D eigenvalue weighted by Crippen LogP contribution is -2.39. The highest BCUT2D eigenvalue weighted by atomic mass is 32.2. The first-order valence-corrected chi connectivity index (χ1v) is 8.82. The van der Waals surface area contributed by atoms with E-state index >= 15 is 0 Å². The van der Waals surface area contributed by atoms with Crippen molar-refractivity contribution in [3.8, 4) is 0 Å². The molecule has 6 heteroatoms. The Morgan fingerprint density at radius 2 is 1.78 bits per heavy atom. The van der Waals surface area contributed by atoms with E-state index in [0.717, 1.165) is 30.6 Å². The standard InChI is InChI=1S/C17H15FN2O2S/c18-15-2-4-16(5-3-15)23(21,22)20-8-7-13-9-12(1-6-17(13)20)14-10-19-11-14/h1-9,14,19H,10-11H2. The Bertz CT molecular complexity index is 974. The number of nitrogens with zero attached hydrogens (tertiary/aromatic N) is 1. The molecule has 1 aromatic heterocycles. The number of hydrogen-bond acceptors (Lipinski definition) is 3. The van der Waals surface area contributed by atoms with Gasteiger partial charge in [0.05, 0.1) is 10.4 Å². The third-order valence-corrected chi connectivity index (χ3v) is 6.01. The van der Waals surface area contributed by atoms with Gasteiger partial charge in [0.15, 0.2) is 0 Å². The lowest BCUT2D eigenvalue weighted by Gasteiger charge is -2.27. The Kier molecular flexibility index (Phi) is 3.25. The fraction of sp³-hybridized carbons (Fsp3) is 0.176. The van der Waals surface area contributed by atoms with E-state index < -0.39 is 15.8 Å². The molecule has 0 radical (unpaired) electrons. The van der Waals surface area contributed by atoms with E-state index in [-0.39, 0.29) is 4.90 Å². The summed E-state index contributed by atoms with van der Waals surface area (Å²) in [6.45, 7) is 1.92. The van der Waals surface area contributed by atoms with Gasteiger partial charge in [-0.25, -0.2) is 16.8 Å². The molecular formula is C17H15FN2O2S. The predicted molar refractivity (Wildman–Crippen MR) is 86.5 cm³/mol. The van der Waals surface area contributed by atoms with Crippen molar-refractivity contribution >= 4 is 20.9 Å². The Morgan fingerprint density at radius 3 is 2.43 bits per heavy atom. The van der Waals surface area contributed by atoms with Crippen LogP contribution >= 0.6 is 0 Å². The van der Waals surface area contributed by atoms with Crippen molar-refractivity contribution < 1.29 is 12.8 Å². The predicted octanol–water partition coefficient (Wildman–Crippen LogP) is 2.70. The Balaban J connectivity index is 1.80. The van der Waals surface area contributed by atoms with E-state index in [4.69, 9.17) is 0 Å². The van der Waals surface area contributed by atoms with Crippen LogP contribution in [0.2, 0.25) is 0 Å². The number of nitrogens with one attached hydrogen (secondary N) is 1. The molecule has 4 nitrogen and oxygen atoms in total. The van der Waals surface area contributed by atoms with Gasteiger partial charge in [-0.3, -0.25) is 0 Å². The van der Waals surface area contributed by atoms with Crippen molar-refractivity contribution in [3.63, 3.8) is 0 Å². The highest BCUT2D eigenvalue weighted by molar-refractivity contribution is 7.90. The molecule has 0 bridgehead atoms. The molecule has 0 unspecified atom stereocenters. The van der Waals surface area contributed by atoms with Crippen molar-refractivity contribution in [2.75, 3.05) is 13.1 Å². The zero-order valence-electron chi connectivity index (χ0n) is 12.2. The van der Waals surface area contributed by atoms with Gasteiger partial charge in [0.25, 0.3) is 10.0 Å². The van der Waals surface area contributed by atoms with Crippen LogP contribution < -0.4 is 5.32 Å². The smallest absolute Gasteiger partial charge is 0.268 e. The SMILES string of the molecule is O=S(=O)(c1ccc(F)cc1)n1ccc2cc(C3CNC3)ccc21. The molecule has 1 N–H and O–H groups in total. The van der Waals surface area contributed by atoms with Crippen molar-refractivity contribution in [3.05, 3.63) is 66.1 Å². The number of aromatic nitrogens is 1. The lowest BCUT2D eigenvalue weighted by atomic mass is 9.93. The number of benzene rings is 2. The zero-order chi connectivity index (χ0) is 16.0. The van der Waals surface area contributed by atoms with Gasteiger partial charge in [-0.05, 0) is 48.0 Å². The summed E-state index contributed by atoms with van der Waals surface area (Å²) in [5, 5.41) is 4.12. The molecule has 23 heavy (non-hydrogen) atoms. The summed E-state index contributed by atoms with van der Waals surface area (Å²) < 4.78 is 39.7. The average molecular weight is 330 g/mol. The third kappa shape index (κ3) is 2.34. The highest BCUT2D eigenvalue weighted by Crippen LogP contribution is 2.27. The molecule has 0 atom stereocenters. The summed E-state index contributed by atoms with van der Waals surface area (Å²) in [6.07, 6.45) is 1.55. The first-order valence-electron chi connectivity index (χ1n) is 7.38. The molecule has 2 heterocycles. The molecular weight excluding hydrogens is 315 g/mol.